The number of hydrogen-bond acceptors (Lipinski definition) is 4. The first-order chi connectivity index (χ1) is 15.1. The molecule has 3 aromatic carbocycles. The standard InChI is InChI=1S/C24H18N4O3/c29-22(13-14-27-23(30)18-5-1-2-6-19(18)24(27)31)26-16-9-11-17(12-10-16)28-15-25-20-7-3-4-8-21(20)28/h1-12,15H,13-14H2,(H,26,29). The minimum Gasteiger partial charge on any atom is -0.326 e. The van der Waals surface area contributed by atoms with E-state index in [0.29, 0.717) is 16.8 Å². The molecule has 7 heteroatoms. The number of hydrogen-bond donors (Lipinski definition) is 1. The topological polar surface area (TPSA) is 84.3 Å². The van der Waals surface area contributed by atoms with Crippen LogP contribution in [0.4, 0.5) is 5.69 Å². The number of rotatable bonds is 5. The van der Waals surface area contributed by atoms with E-state index in [9.17, 15) is 14.4 Å². The molecule has 0 saturated carbocycles. The Labute approximate surface area is 177 Å². The zero-order valence-corrected chi connectivity index (χ0v) is 16.5. The molecule has 0 saturated heterocycles. The SMILES string of the molecule is O=C(CCN1C(=O)c2ccccc2C1=O)Nc1ccc(-n2cnc3ccccc32)cc1. The molecule has 31 heavy (non-hydrogen) atoms. The summed E-state index contributed by atoms with van der Waals surface area (Å²) in [6.45, 7) is 0.0390. The molecule has 0 unspecified atom stereocenters. The molecule has 0 atom stereocenters. The maximum absolute atomic E-state index is 12.4. The van der Waals surface area contributed by atoms with Gasteiger partial charge in [-0.1, -0.05) is 24.3 Å². The van der Waals surface area contributed by atoms with Gasteiger partial charge in [0.25, 0.3) is 11.8 Å². The Bertz CT molecular complexity index is 1290. The molecule has 1 aromatic heterocycles. The van der Waals surface area contributed by atoms with Gasteiger partial charge < -0.3 is 5.32 Å². The Morgan fingerprint density at radius 2 is 1.48 bits per heavy atom. The van der Waals surface area contributed by atoms with Crippen LogP contribution in [0.25, 0.3) is 16.7 Å². The molecular formula is C24H18N4O3. The lowest BCUT2D eigenvalue weighted by atomic mass is 10.1. The van der Waals surface area contributed by atoms with Crippen molar-refractivity contribution >= 4 is 34.4 Å². The minimum atomic E-state index is -0.356. The number of fused-ring (bicyclic) bond motifs is 2. The highest BCUT2D eigenvalue weighted by Crippen LogP contribution is 2.23. The number of anilines is 1. The number of carbonyl (C=O) groups is 3. The van der Waals surface area contributed by atoms with Crippen molar-refractivity contribution in [3.05, 3.63) is 90.3 Å². The van der Waals surface area contributed by atoms with Gasteiger partial charge in [0.05, 0.1) is 22.2 Å². The van der Waals surface area contributed by atoms with Gasteiger partial charge in [-0.3, -0.25) is 23.9 Å². The van der Waals surface area contributed by atoms with Gasteiger partial charge >= 0.3 is 0 Å². The third kappa shape index (κ3) is 3.36. The number of aromatic nitrogens is 2. The van der Waals surface area contributed by atoms with Crippen molar-refractivity contribution in [1.82, 2.24) is 14.5 Å². The second kappa shape index (κ2) is 7.53. The smallest absolute Gasteiger partial charge is 0.261 e. The Morgan fingerprint density at radius 1 is 0.839 bits per heavy atom. The van der Waals surface area contributed by atoms with Crippen LogP contribution in [-0.4, -0.2) is 38.7 Å². The van der Waals surface area contributed by atoms with Crippen LogP contribution >= 0.6 is 0 Å². The molecule has 7 nitrogen and oxygen atoms in total. The number of carbonyl (C=O) groups excluding carboxylic acids is 3. The predicted octanol–water partition coefficient (Wildman–Crippen LogP) is 3.65. The number of nitrogens with one attached hydrogen (secondary N) is 1. The molecule has 1 N–H and O–H groups in total. The quantitative estimate of drug-likeness (QED) is 0.509. The van der Waals surface area contributed by atoms with Crippen LogP contribution in [-0.2, 0) is 4.79 Å². The zero-order chi connectivity index (χ0) is 21.4. The fourth-order valence-corrected chi connectivity index (χ4v) is 3.75. The summed E-state index contributed by atoms with van der Waals surface area (Å²) in [5, 5.41) is 2.81. The lowest BCUT2D eigenvalue weighted by Crippen LogP contribution is -2.32. The zero-order valence-electron chi connectivity index (χ0n) is 16.5. The highest BCUT2D eigenvalue weighted by Gasteiger charge is 2.34. The third-order valence-electron chi connectivity index (χ3n) is 5.32. The highest BCUT2D eigenvalue weighted by molar-refractivity contribution is 6.21. The number of imidazole rings is 1. The van der Waals surface area contributed by atoms with Crippen molar-refractivity contribution in [1.29, 1.82) is 0 Å². The van der Waals surface area contributed by atoms with Crippen molar-refractivity contribution in [3.8, 4) is 5.69 Å². The van der Waals surface area contributed by atoms with Crippen molar-refractivity contribution in [2.75, 3.05) is 11.9 Å². The maximum atomic E-state index is 12.4. The predicted molar refractivity (Wildman–Crippen MR) is 116 cm³/mol. The molecule has 4 aromatic rings. The van der Waals surface area contributed by atoms with E-state index in [1.807, 2.05) is 53.1 Å². The first-order valence-electron chi connectivity index (χ1n) is 9.89. The summed E-state index contributed by atoms with van der Waals surface area (Å²) >= 11 is 0. The van der Waals surface area contributed by atoms with Gasteiger partial charge in [-0.05, 0) is 48.5 Å². The van der Waals surface area contributed by atoms with Crippen LogP contribution in [0.2, 0.25) is 0 Å². The van der Waals surface area contributed by atoms with Crippen molar-refractivity contribution in [3.63, 3.8) is 0 Å². The molecule has 0 aliphatic carbocycles. The van der Waals surface area contributed by atoms with Gasteiger partial charge in [-0.2, -0.15) is 0 Å². The number of para-hydroxylation sites is 2. The molecule has 152 valence electrons. The molecule has 0 fully saturated rings. The summed E-state index contributed by atoms with van der Waals surface area (Å²) in [6.07, 6.45) is 1.79. The molecule has 5 rings (SSSR count). The average Bonchev–Trinajstić information content (AvgIpc) is 3.33. The fourth-order valence-electron chi connectivity index (χ4n) is 3.75. The monoisotopic (exact) mass is 410 g/mol. The van der Waals surface area contributed by atoms with E-state index < -0.39 is 0 Å². The summed E-state index contributed by atoms with van der Waals surface area (Å²) in [4.78, 5) is 42.7. The fraction of sp³-hybridized carbons (Fsp3) is 0.0833. The molecule has 3 amide bonds. The Kier molecular flexibility index (Phi) is 4.55. The summed E-state index contributed by atoms with van der Waals surface area (Å²) in [5.41, 5.74) is 4.25. The molecule has 1 aliphatic heterocycles. The Balaban J connectivity index is 1.22. The van der Waals surface area contributed by atoms with Crippen LogP contribution in [0.3, 0.4) is 0 Å². The van der Waals surface area contributed by atoms with Crippen LogP contribution in [0, 0.1) is 0 Å². The van der Waals surface area contributed by atoms with E-state index in [-0.39, 0.29) is 30.7 Å². The van der Waals surface area contributed by atoms with Crippen LogP contribution < -0.4 is 5.32 Å². The molecule has 1 aliphatic rings. The Morgan fingerprint density at radius 3 is 2.19 bits per heavy atom. The first-order valence-corrected chi connectivity index (χ1v) is 9.89. The van der Waals surface area contributed by atoms with Crippen LogP contribution in [0.5, 0.6) is 0 Å². The summed E-state index contributed by atoms with van der Waals surface area (Å²) < 4.78 is 1.98. The van der Waals surface area contributed by atoms with Crippen LogP contribution in [0.1, 0.15) is 27.1 Å². The minimum absolute atomic E-state index is 0.0272. The largest absolute Gasteiger partial charge is 0.326 e. The lowest BCUT2D eigenvalue weighted by Gasteiger charge is -2.13. The van der Waals surface area contributed by atoms with Gasteiger partial charge in [-0.15, -0.1) is 0 Å². The number of benzene rings is 3. The van der Waals surface area contributed by atoms with E-state index >= 15 is 0 Å². The van der Waals surface area contributed by atoms with Crippen LogP contribution in [0.15, 0.2) is 79.1 Å². The number of amides is 3. The van der Waals surface area contributed by atoms with E-state index in [2.05, 4.69) is 10.3 Å². The summed E-state index contributed by atoms with van der Waals surface area (Å²) in [7, 11) is 0. The molecule has 0 spiro atoms. The molecule has 0 radical (unpaired) electrons. The normalized spacial score (nSPS) is 13.0. The Hall–Kier alpha value is -4.26. The van der Waals surface area contributed by atoms with Gasteiger partial charge in [0.15, 0.2) is 0 Å². The second-order valence-electron chi connectivity index (χ2n) is 7.26. The molecule has 0 bridgehead atoms. The summed E-state index contributed by atoms with van der Waals surface area (Å²) in [5.74, 6) is -0.979. The highest BCUT2D eigenvalue weighted by atomic mass is 16.2. The first kappa shape index (κ1) is 18.7. The van der Waals surface area contributed by atoms with Crippen molar-refractivity contribution in [2.45, 2.75) is 6.42 Å². The maximum Gasteiger partial charge on any atom is 0.261 e. The summed E-state index contributed by atoms with van der Waals surface area (Å²) in [6, 6.07) is 22.0. The van der Waals surface area contributed by atoms with Gasteiger partial charge in [0.1, 0.15) is 6.33 Å². The third-order valence-corrected chi connectivity index (χ3v) is 5.32. The second-order valence-corrected chi connectivity index (χ2v) is 7.26. The van der Waals surface area contributed by atoms with E-state index in [1.165, 1.54) is 0 Å². The molecule has 2 heterocycles. The lowest BCUT2D eigenvalue weighted by molar-refractivity contribution is -0.116. The van der Waals surface area contributed by atoms with E-state index in [1.54, 1.807) is 30.6 Å². The number of nitrogens with zero attached hydrogens (tertiary/aromatic N) is 3. The van der Waals surface area contributed by atoms with E-state index in [4.69, 9.17) is 0 Å². The number of imide groups is 1. The van der Waals surface area contributed by atoms with Gasteiger partial charge in [0, 0.05) is 24.3 Å². The average molecular weight is 410 g/mol. The van der Waals surface area contributed by atoms with Crippen molar-refractivity contribution in [2.24, 2.45) is 0 Å². The van der Waals surface area contributed by atoms with Crippen molar-refractivity contribution < 1.29 is 14.4 Å². The van der Waals surface area contributed by atoms with E-state index in [0.717, 1.165) is 21.6 Å². The van der Waals surface area contributed by atoms with Gasteiger partial charge in [-0.25, -0.2) is 4.98 Å². The van der Waals surface area contributed by atoms with Gasteiger partial charge in [0.2, 0.25) is 5.91 Å². The molecular weight excluding hydrogens is 392 g/mol.